The molecule has 0 saturated heterocycles. The Labute approximate surface area is 157 Å². The maximum atomic E-state index is 12.0. The topological polar surface area (TPSA) is 51.5 Å². The number of carbonyl (C=O) groups is 1. The molecule has 134 valence electrons. The highest BCUT2D eigenvalue weighted by molar-refractivity contribution is 6.30. The molecule has 0 bridgehead atoms. The second-order valence-corrected chi connectivity index (χ2v) is 6.38. The van der Waals surface area contributed by atoms with Gasteiger partial charge < -0.3 is 14.4 Å². The van der Waals surface area contributed by atoms with Gasteiger partial charge in [0, 0.05) is 16.4 Å². The van der Waals surface area contributed by atoms with Gasteiger partial charge >= 0.3 is 5.97 Å². The summed E-state index contributed by atoms with van der Waals surface area (Å²) < 4.78 is 7.13. The van der Waals surface area contributed by atoms with Crippen molar-refractivity contribution >= 4 is 17.6 Å². The summed E-state index contributed by atoms with van der Waals surface area (Å²) in [6.45, 7) is 1.83. The fourth-order valence-corrected chi connectivity index (χ4v) is 3.07. The molecule has 0 unspecified atom stereocenters. The van der Waals surface area contributed by atoms with Crippen LogP contribution < -0.4 is 0 Å². The number of halogens is 1. The third-order valence-electron chi connectivity index (χ3n) is 4.20. The maximum absolute atomic E-state index is 12.0. The molecule has 0 atom stereocenters. The quantitative estimate of drug-likeness (QED) is 0.663. The molecule has 0 fully saturated rings. The first-order chi connectivity index (χ1) is 12.6. The molecule has 0 amide bonds. The maximum Gasteiger partial charge on any atom is 0.310 e. The highest BCUT2D eigenvalue weighted by Gasteiger charge is 2.17. The van der Waals surface area contributed by atoms with Crippen LogP contribution in [0.5, 0.6) is 0 Å². The van der Waals surface area contributed by atoms with Crippen molar-refractivity contribution in [3.63, 3.8) is 0 Å². The molecular formula is C21H20ClNO3. The first-order valence-corrected chi connectivity index (χ1v) is 8.77. The lowest BCUT2D eigenvalue weighted by atomic mass is 10.1. The standard InChI is InChI=1S/C21H20ClNO3/c1-15-17(14-21(25)26-12-11-24)13-20(16-7-9-18(22)10-8-16)23(15)19-5-3-2-4-6-19/h2-10,13,24H,11-12,14H2,1H3. The number of esters is 1. The Morgan fingerprint density at radius 3 is 2.46 bits per heavy atom. The Morgan fingerprint density at radius 1 is 1.12 bits per heavy atom. The molecule has 5 heteroatoms. The van der Waals surface area contributed by atoms with E-state index in [1.54, 1.807) is 0 Å². The second kappa shape index (κ2) is 8.21. The summed E-state index contributed by atoms with van der Waals surface area (Å²) in [5, 5.41) is 9.49. The number of rotatable bonds is 6. The van der Waals surface area contributed by atoms with Crippen LogP contribution in [0.2, 0.25) is 5.02 Å². The zero-order valence-corrected chi connectivity index (χ0v) is 15.2. The molecule has 1 aromatic heterocycles. The summed E-state index contributed by atoms with van der Waals surface area (Å²) in [7, 11) is 0. The third-order valence-corrected chi connectivity index (χ3v) is 4.45. The van der Waals surface area contributed by atoms with E-state index >= 15 is 0 Å². The fraction of sp³-hybridized carbons (Fsp3) is 0.190. The smallest absolute Gasteiger partial charge is 0.310 e. The van der Waals surface area contributed by atoms with Crippen LogP contribution in [0, 0.1) is 6.92 Å². The number of benzene rings is 2. The van der Waals surface area contributed by atoms with Crippen molar-refractivity contribution in [2.24, 2.45) is 0 Å². The van der Waals surface area contributed by atoms with Gasteiger partial charge in [-0.3, -0.25) is 4.79 Å². The minimum Gasteiger partial charge on any atom is -0.463 e. The molecule has 2 aromatic carbocycles. The van der Waals surface area contributed by atoms with Gasteiger partial charge in [-0.25, -0.2) is 0 Å². The third kappa shape index (κ3) is 3.98. The van der Waals surface area contributed by atoms with Crippen molar-refractivity contribution in [2.75, 3.05) is 13.2 Å². The molecule has 1 heterocycles. The van der Waals surface area contributed by atoms with E-state index in [4.69, 9.17) is 21.4 Å². The number of aromatic nitrogens is 1. The summed E-state index contributed by atoms with van der Waals surface area (Å²) in [5.41, 5.74) is 4.88. The molecular weight excluding hydrogens is 350 g/mol. The number of ether oxygens (including phenoxy) is 1. The zero-order chi connectivity index (χ0) is 18.5. The lowest BCUT2D eigenvalue weighted by molar-refractivity contribution is -0.143. The van der Waals surface area contributed by atoms with Gasteiger partial charge in [0.2, 0.25) is 0 Å². The first kappa shape index (κ1) is 18.2. The summed E-state index contributed by atoms with van der Waals surface area (Å²) in [6, 6.07) is 19.6. The molecule has 0 spiro atoms. The zero-order valence-electron chi connectivity index (χ0n) is 14.5. The lowest BCUT2D eigenvalue weighted by Gasteiger charge is -2.12. The van der Waals surface area contributed by atoms with Gasteiger partial charge in [-0.1, -0.05) is 41.9 Å². The van der Waals surface area contributed by atoms with Crippen molar-refractivity contribution in [2.45, 2.75) is 13.3 Å². The van der Waals surface area contributed by atoms with Crippen molar-refractivity contribution in [1.82, 2.24) is 4.57 Å². The van der Waals surface area contributed by atoms with Crippen LogP contribution in [-0.2, 0) is 16.0 Å². The summed E-state index contributed by atoms with van der Waals surface area (Å²) in [5.74, 6) is -0.352. The van der Waals surface area contributed by atoms with Crippen LogP contribution in [0.3, 0.4) is 0 Å². The van der Waals surface area contributed by atoms with E-state index in [0.29, 0.717) is 5.02 Å². The number of carbonyl (C=O) groups excluding carboxylic acids is 1. The van der Waals surface area contributed by atoms with Crippen LogP contribution in [0.1, 0.15) is 11.3 Å². The van der Waals surface area contributed by atoms with E-state index in [1.165, 1.54) is 0 Å². The van der Waals surface area contributed by atoms with Crippen LogP contribution in [0.25, 0.3) is 16.9 Å². The Hall–Kier alpha value is -2.56. The molecule has 3 rings (SSSR count). The number of hydrogen-bond donors (Lipinski definition) is 1. The Morgan fingerprint density at radius 2 is 1.81 bits per heavy atom. The van der Waals surface area contributed by atoms with Crippen LogP contribution in [0.15, 0.2) is 60.7 Å². The average molecular weight is 370 g/mol. The van der Waals surface area contributed by atoms with E-state index in [0.717, 1.165) is 28.2 Å². The Balaban J connectivity index is 2.05. The van der Waals surface area contributed by atoms with Crippen molar-refractivity contribution in [1.29, 1.82) is 0 Å². The molecule has 0 radical (unpaired) electrons. The predicted molar refractivity (Wildman–Crippen MR) is 103 cm³/mol. The molecule has 0 aliphatic rings. The molecule has 0 saturated carbocycles. The number of para-hydroxylation sites is 1. The Bertz CT molecular complexity index is 886. The SMILES string of the molecule is Cc1c(CC(=O)OCCO)cc(-c2ccc(Cl)cc2)n1-c1ccccc1. The fourth-order valence-electron chi connectivity index (χ4n) is 2.95. The van der Waals surface area contributed by atoms with Crippen molar-refractivity contribution < 1.29 is 14.6 Å². The predicted octanol–water partition coefficient (Wildman–Crippen LogP) is 4.18. The molecule has 3 aromatic rings. The first-order valence-electron chi connectivity index (χ1n) is 8.39. The molecule has 0 aliphatic heterocycles. The van der Waals surface area contributed by atoms with Crippen molar-refractivity contribution in [3.05, 3.63) is 76.9 Å². The Kier molecular flexibility index (Phi) is 5.76. The number of nitrogens with zero attached hydrogens (tertiary/aromatic N) is 1. The summed E-state index contributed by atoms with van der Waals surface area (Å²) in [6.07, 6.45) is 0.159. The highest BCUT2D eigenvalue weighted by Crippen LogP contribution is 2.30. The van der Waals surface area contributed by atoms with Gasteiger partial charge in [0.05, 0.1) is 18.7 Å². The van der Waals surface area contributed by atoms with Crippen LogP contribution >= 0.6 is 11.6 Å². The average Bonchev–Trinajstić information content (AvgIpc) is 2.97. The number of aliphatic hydroxyl groups excluding tert-OH is 1. The van der Waals surface area contributed by atoms with Gasteiger partial charge in [0.25, 0.3) is 0 Å². The monoisotopic (exact) mass is 369 g/mol. The minimum atomic E-state index is -0.352. The normalized spacial score (nSPS) is 10.7. The van der Waals surface area contributed by atoms with E-state index < -0.39 is 0 Å². The van der Waals surface area contributed by atoms with Crippen LogP contribution in [0.4, 0.5) is 0 Å². The van der Waals surface area contributed by atoms with E-state index in [9.17, 15) is 4.79 Å². The van der Waals surface area contributed by atoms with Gasteiger partial charge in [-0.2, -0.15) is 0 Å². The summed E-state index contributed by atoms with van der Waals surface area (Å²) >= 11 is 6.02. The van der Waals surface area contributed by atoms with E-state index in [-0.39, 0.29) is 25.6 Å². The number of aliphatic hydroxyl groups is 1. The molecule has 4 nitrogen and oxygen atoms in total. The van der Waals surface area contributed by atoms with Gasteiger partial charge in [-0.15, -0.1) is 0 Å². The molecule has 26 heavy (non-hydrogen) atoms. The second-order valence-electron chi connectivity index (χ2n) is 5.94. The van der Waals surface area contributed by atoms with E-state index in [2.05, 4.69) is 4.57 Å². The van der Waals surface area contributed by atoms with Gasteiger partial charge in [0.15, 0.2) is 0 Å². The highest BCUT2D eigenvalue weighted by atomic mass is 35.5. The largest absolute Gasteiger partial charge is 0.463 e. The molecule has 0 aliphatic carbocycles. The number of hydrogen-bond acceptors (Lipinski definition) is 3. The van der Waals surface area contributed by atoms with Gasteiger partial charge in [-0.05, 0) is 48.4 Å². The summed E-state index contributed by atoms with van der Waals surface area (Å²) in [4.78, 5) is 12.0. The minimum absolute atomic E-state index is 0.0152. The van der Waals surface area contributed by atoms with E-state index in [1.807, 2.05) is 67.6 Å². The van der Waals surface area contributed by atoms with Gasteiger partial charge in [0.1, 0.15) is 6.61 Å². The molecule has 1 N–H and O–H groups in total. The van der Waals surface area contributed by atoms with Crippen molar-refractivity contribution in [3.8, 4) is 16.9 Å². The lowest BCUT2D eigenvalue weighted by Crippen LogP contribution is -2.11. The van der Waals surface area contributed by atoms with Crippen LogP contribution in [-0.4, -0.2) is 28.9 Å².